The topological polar surface area (TPSA) is 40.6 Å². The molecule has 29 heavy (non-hydrogen) atoms. The summed E-state index contributed by atoms with van der Waals surface area (Å²) in [5.41, 5.74) is 7.20. The lowest BCUT2D eigenvalue weighted by Gasteiger charge is -2.25. The van der Waals surface area contributed by atoms with Crippen molar-refractivity contribution in [3.05, 3.63) is 64.2 Å². The van der Waals surface area contributed by atoms with Crippen LogP contribution in [-0.4, -0.2) is 29.7 Å². The third-order valence-electron chi connectivity index (χ3n) is 6.41. The Morgan fingerprint density at radius 3 is 2.31 bits per heavy atom. The van der Waals surface area contributed by atoms with Gasteiger partial charge in [-0.2, -0.15) is 0 Å². The highest BCUT2D eigenvalue weighted by Crippen LogP contribution is 2.37. The Labute approximate surface area is 178 Å². The third kappa shape index (κ3) is 3.84. The number of benzene rings is 2. The molecule has 0 unspecified atom stereocenters. The number of anilines is 1. The SMILES string of the molecule is Cl.O=C(CCCCN1Cc2ccccc2C1)c1cc2c3c(c1)CCN3C(=O)CC2. The van der Waals surface area contributed by atoms with Crippen LogP contribution < -0.4 is 4.90 Å². The molecule has 3 aliphatic rings. The average Bonchev–Trinajstić information content (AvgIpc) is 3.32. The van der Waals surface area contributed by atoms with Crippen LogP contribution in [0.25, 0.3) is 0 Å². The van der Waals surface area contributed by atoms with Gasteiger partial charge in [0, 0.05) is 38.0 Å². The number of fused-ring (bicyclic) bond motifs is 1. The van der Waals surface area contributed by atoms with Crippen LogP contribution >= 0.6 is 12.4 Å². The molecule has 152 valence electrons. The minimum Gasteiger partial charge on any atom is -0.312 e. The van der Waals surface area contributed by atoms with Crippen molar-refractivity contribution in [1.82, 2.24) is 4.90 Å². The molecule has 4 nitrogen and oxygen atoms in total. The maximum Gasteiger partial charge on any atom is 0.227 e. The molecule has 1 amide bonds. The largest absolute Gasteiger partial charge is 0.312 e. The second kappa shape index (κ2) is 8.29. The van der Waals surface area contributed by atoms with Crippen LogP contribution in [0.3, 0.4) is 0 Å². The Morgan fingerprint density at radius 1 is 0.897 bits per heavy atom. The highest BCUT2D eigenvalue weighted by molar-refractivity contribution is 6.02. The first-order valence-electron chi connectivity index (χ1n) is 10.5. The number of ketones is 1. The molecule has 5 rings (SSSR count). The van der Waals surface area contributed by atoms with E-state index in [2.05, 4.69) is 29.2 Å². The summed E-state index contributed by atoms with van der Waals surface area (Å²) < 4.78 is 0. The fraction of sp³-hybridized carbons (Fsp3) is 0.417. The molecule has 0 saturated carbocycles. The maximum absolute atomic E-state index is 12.8. The van der Waals surface area contributed by atoms with E-state index >= 15 is 0 Å². The maximum atomic E-state index is 12.8. The summed E-state index contributed by atoms with van der Waals surface area (Å²) in [5.74, 6) is 0.480. The van der Waals surface area contributed by atoms with Gasteiger partial charge in [0.25, 0.3) is 0 Å². The molecule has 0 radical (unpaired) electrons. The lowest BCUT2D eigenvalue weighted by atomic mass is 9.94. The van der Waals surface area contributed by atoms with Crippen molar-refractivity contribution >= 4 is 29.8 Å². The molecule has 0 aliphatic carbocycles. The molecule has 0 spiro atoms. The molecule has 2 aromatic rings. The molecule has 5 heteroatoms. The van der Waals surface area contributed by atoms with Gasteiger partial charge in [-0.3, -0.25) is 14.5 Å². The molecule has 3 aliphatic heterocycles. The zero-order valence-corrected chi connectivity index (χ0v) is 17.5. The van der Waals surface area contributed by atoms with E-state index in [9.17, 15) is 9.59 Å². The summed E-state index contributed by atoms with van der Waals surface area (Å²) in [6.45, 7) is 3.90. The van der Waals surface area contributed by atoms with Gasteiger partial charge in [-0.15, -0.1) is 12.4 Å². The molecular weight excluding hydrogens is 384 g/mol. The van der Waals surface area contributed by atoms with E-state index < -0.39 is 0 Å². The van der Waals surface area contributed by atoms with Gasteiger partial charge in [0.05, 0.1) is 5.69 Å². The smallest absolute Gasteiger partial charge is 0.227 e. The van der Waals surface area contributed by atoms with Crippen LogP contribution in [-0.2, 0) is 30.7 Å². The first-order chi connectivity index (χ1) is 13.7. The zero-order chi connectivity index (χ0) is 19.1. The van der Waals surface area contributed by atoms with Crippen LogP contribution in [0.1, 0.15) is 58.3 Å². The number of amides is 1. The summed E-state index contributed by atoms with van der Waals surface area (Å²) in [6.07, 6.45) is 4.82. The number of Topliss-reactive ketones (excluding diaryl/α,β-unsaturated/α-hetero) is 1. The van der Waals surface area contributed by atoms with E-state index in [0.29, 0.717) is 12.8 Å². The van der Waals surface area contributed by atoms with Gasteiger partial charge in [0.2, 0.25) is 5.91 Å². The van der Waals surface area contributed by atoms with E-state index in [1.54, 1.807) is 0 Å². The van der Waals surface area contributed by atoms with Gasteiger partial charge in [-0.05, 0) is 66.6 Å². The Bertz CT molecular complexity index is 931. The molecular formula is C24H27ClN2O2. The Hall–Kier alpha value is -2.17. The van der Waals surface area contributed by atoms with Crippen molar-refractivity contribution in [2.75, 3.05) is 18.0 Å². The zero-order valence-electron chi connectivity index (χ0n) is 16.7. The summed E-state index contributed by atoms with van der Waals surface area (Å²) in [4.78, 5) is 29.2. The number of nitrogens with zero attached hydrogens (tertiary/aromatic N) is 2. The van der Waals surface area contributed by atoms with Crippen LogP contribution in [0.4, 0.5) is 5.69 Å². The number of halogens is 1. The molecule has 0 atom stereocenters. The highest BCUT2D eigenvalue weighted by Gasteiger charge is 2.31. The van der Waals surface area contributed by atoms with Gasteiger partial charge < -0.3 is 4.90 Å². The van der Waals surface area contributed by atoms with E-state index in [-0.39, 0.29) is 24.1 Å². The minimum atomic E-state index is 0. The predicted molar refractivity (Wildman–Crippen MR) is 117 cm³/mol. The first-order valence-corrected chi connectivity index (χ1v) is 10.5. The second-order valence-corrected chi connectivity index (χ2v) is 8.30. The summed E-state index contributed by atoms with van der Waals surface area (Å²) in [7, 11) is 0. The molecule has 0 fully saturated rings. The Balaban J connectivity index is 0.00000205. The van der Waals surface area contributed by atoms with E-state index in [1.807, 2.05) is 17.0 Å². The number of unbranched alkanes of at least 4 members (excludes halogenated alkanes) is 1. The van der Waals surface area contributed by atoms with Crippen molar-refractivity contribution in [3.63, 3.8) is 0 Å². The molecule has 0 bridgehead atoms. The number of hydrogen-bond acceptors (Lipinski definition) is 3. The molecule has 0 saturated heterocycles. The van der Waals surface area contributed by atoms with Crippen molar-refractivity contribution in [2.45, 2.75) is 51.6 Å². The van der Waals surface area contributed by atoms with Crippen LogP contribution in [0.15, 0.2) is 36.4 Å². The van der Waals surface area contributed by atoms with Crippen molar-refractivity contribution in [1.29, 1.82) is 0 Å². The fourth-order valence-electron chi connectivity index (χ4n) is 4.95. The van der Waals surface area contributed by atoms with Crippen LogP contribution in [0.2, 0.25) is 0 Å². The summed E-state index contributed by atoms with van der Waals surface area (Å²) >= 11 is 0. The number of hydrogen-bond donors (Lipinski definition) is 0. The second-order valence-electron chi connectivity index (χ2n) is 8.30. The number of carbonyl (C=O) groups excluding carboxylic acids is 2. The number of rotatable bonds is 6. The van der Waals surface area contributed by atoms with E-state index in [4.69, 9.17) is 0 Å². The third-order valence-corrected chi connectivity index (χ3v) is 6.41. The average molecular weight is 411 g/mol. The fourth-order valence-corrected chi connectivity index (χ4v) is 4.95. The Kier molecular flexibility index (Phi) is 5.75. The van der Waals surface area contributed by atoms with Crippen molar-refractivity contribution in [3.8, 4) is 0 Å². The lowest BCUT2D eigenvalue weighted by Crippen LogP contribution is -2.32. The van der Waals surface area contributed by atoms with Gasteiger partial charge >= 0.3 is 0 Å². The van der Waals surface area contributed by atoms with Crippen LogP contribution in [0.5, 0.6) is 0 Å². The van der Waals surface area contributed by atoms with E-state index in [0.717, 1.165) is 63.1 Å². The van der Waals surface area contributed by atoms with Gasteiger partial charge in [0.1, 0.15) is 0 Å². The molecule has 0 N–H and O–H groups in total. The van der Waals surface area contributed by atoms with Crippen LogP contribution in [0, 0.1) is 0 Å². The van der Waals surface area contributed by atoms with Crippen molar-refractivity contribution in [2.24, 2.45) is 0 Å². The Morgan fingerprint density at radius 2 is 1.59 bits per heavy atom. The van der Waals surface area contributed by atoms with Crippen molar-refractivity contribution < 1.29 is 9.59 Å². The predicted octanol–water partition coefficient (Wildman–Crippen LogP) is 4.31. The quantitative estimate of drug-likeness (QED) is 0.526. The first kappa shape index (κ1) is 20.1. The number of carbonyl (C=O) groups is 2. The summed E-state index contributed by atoms with van der Waals surface area (Å²) in [6, 6.07) is 12.7. The highest BCUT2D eigenvalue weighted by atomic mass is 35.5. The van der Waals surface area contributed by atoms with Gasteiger partial charge in [0.15, 0.2) is 5.78 Å². The molecule has 3 heterocycles. The van der Waals surface area contributed by atoms with Gasteiger partial charge in [-0.1, -0.05) is 24.3 Å². The lowest BCUT2D eigenvalue weighted by molar-refractivity contribution is -0.118. The number of aryl methyl sites for hydroxylation is 1. The summed E-state index contributed by atoms with van der Waals surface area (Å²) in [5, 5.41) is 0. The van der Waals surface area contributed by atoms with E-state index in [1.165, 1.54) is 22.3 Å². The molecule has 2 aromatic carbocycles. The monoisotopic (exact) mass is 410 g/mol. The molecule has 0 aromatic heterocycles. The normalized spacial score (nSPS) is 17.1. The van der Waals surface area contributed by atoms with Gasteiger partial charge in [-0.25, -0.2) is 0 Å². The standard InChI is InChI=1S/C24H26N2O2.ClH/c27-22(7-3-4-11-25-15-19-5-1-2-6-20(19)16-25)21-13-17-8-9-23(28)26-12-10-18(14-21)24(17)26;/h1-2,5-6,13-14H,3-4,7-12,15-16H2;1H. The minimum absolute atomic E-state index is 0.